The van der Waals surface area contributed by atoms with Crippen LogP contribution in [0.5, 0.6) is 0 Å². The predicted molar refractivity (Wildman–Crippen MR) is 108 cm³/mol. The van der Waals surface area contributed by atoms with Crippen LogP contribution in [0.15, 0.2) is 23.3 Å². The lowest BCUT2D eigenvalue weighted by Crippen LogP contribution is -2.56. The number of ether oxygens (including phenoxy) is 5. The van der Waals surface area contributed by atoms with Crippen molar-refractivity contribution in [2.45, 2.75) is 82.7 Å². The van der Waals surface area contributed by atoms with Crippen molar-refractivity contribution >= 4 is 0 Å². The third kappa shape index (κ3) is 6.12. The fraction of sp³-hybridized carbons (Fsp3) is 0.818. The zero-order chi connectivity index (χ0) is 20.6. The molecule has 2 aliphatic heterocycles. The van der Waals surface area contributed by atoms with Gasteiger partial charge in [0.05, 0.1) is 30.0 Å². The highest BCUT2D eigenvalue weighted by atomic mass is 16.7. The Kier molecular flexibility index (Phi) is 9.12. The number of hydrogen-bond acceptors (Lipinski definition) is 6. The minimum absolute atomic E-state index is 0.0454. The van der Waals surface area contributed by atoms with Crippen molar-refractivity contribution in [2.24, 2.45) is 0 Å². The van der Waals surface area contributed by atoms with Gasteiger partial charge in [-0.2, -0.15) is 0 Å². The molecule has 2 aliphatic rings. The maximum Gasteiger partial charge on any atom is 0.147 e. The summed E-state index contributed by atoms with van der Waals surface area (Å²) >= 11 is 0. The van der Waals surface area contributed by atoms with E-state index in [0.717, 1.165) is 37.7 Å². The topological polar surface area (TPSA) is 66.4 Å². The second-order valence-corrected chi connectivity index (χ2v) is 8.40. The lowest BCUT2D eigenvalue weighted by Gasteiger charge is -2.49. The Hall–Kier alpha value is -0.760. The molecule has 0 unspecified atom stereocenters. The molecule has 4 atom stereocenters. The molecule has 0 aliphatic carbocycles. The summed E-state index contributed by atoms with van der Waals surface area (Å²) in [6.07, 6.45) is 9.09. The second-order valence-electron chi connectivity index (χ2n) is 8.40. The van der Waals surface area contributed by atoms with Gasteiger partial charge in [-0.25, -0.2) is 0 Å². The standard InChI is InChI=1S/C22H38O6/c1-17-6-8-18(14-23)10-12-21(2,26-15-24-4)20-11-13-22(3,27-16-25-5)19(28-20)9-7-17/h6,10,19-20,23H,7-9,11-16H2,1-5H3/b17-6+,18-10+/t19-,20+,21-,22+/m1/s1. The van der Waals surface area contributed by atoms with Crippen LogP contribution in [0.4, 0.5) is 0 Å². The summed E-state index contributed by atoms with van der Waals surface area (Å²) in [5, 5.41) is 9.73. The minimum atomic E-state index is -0.533. The Balaban J connectivity index is 2.31. The van der Waals surface area contributed by atoms with E-state index in [1.54, 1.807) is 14.2 Å². The summed E-state index contributed by atoms with van der Waals surface area (Å²) in [5.41, 5.74) is 1.39. The Labute approximate surface area is 169 Å². The van der Waals surface area contributed by atoms with Crippen LogP contribution in [0, 0.1) is 0 Å². The Morgan fingerprint density at radius 1 is 1.04 bits per heavy atom. The van der Waals surface area contributed by atoms with Crippen molar-refractivity contribution in [1.82, 2.24) is 0 Å². The zero-order valence-corrected chi connectivity index (χ0v) is 18.2. The van der Waals surface area contributed by atoms with E-state index in [2.05, 4.69) is 32.9 Å². The van der Waals surface area contributed by atoms with Crippen LogP contribution in [0.2, 0.25) is 0 Å². The molecule has 28 heavy (non-hydrogen) atoms. The van der Waals surface area contributed by atoms with Crippen molar-refractivity contribution in [2.75, 3.05) is 34.4 Å². The second kappa shape index (κ2) is 10.9. The van der Waals surface area contributed by atoms with Crippen molar-refractivity contribution in [3.05, 3.63) is 23.3 Å². The molecule has 0 aromatic heterocycles. The van der Waals surface area contributed by atoms with Gasteiger partial charge in [-0.15, -0.1) is 0 Å². The largest absolute Gasteiger partial charge is 0.392 e. The third-order valence-corrected chi connectivity index (χ3v) is 6.12. The molecule has 2 bridgehead atoms. The number of hydrogen-bond donors (Lipinski definition) is 1. The molecule has 0 aromatic carbocycles. The average molecular weight is 399 g/mol. The van der Waals surface area contributed by atoms with E-state index >= 15 is 0 Å². The molecule has 2 heterocycles. The molecule has 162 valence electrons. The predicted octanol–water partition coefficient (Wildman–Crippen LogP) is 3.73. The quantitative estimate of drug-likeness (QED) is 0.521. The molecule has 6 nitrogen and oxygen atoms in total. The summed E-state index contributed by atoms with van der Waals surface area (Å²) in [6, 6.07) is 0. The van der Waals surface area contributed by atoms with Gasteiger partial charge in [0.15, 0.2) is 0 Å². The molecule has 0 amide bonds. The first-order valence-corrected chi connectivity index (χ1v) is 10.2. The normalized spacial score (nSPS) is 38.5. The van der Waals surface area contributed by atoms with Gasteiger partial charge < -0.3 is 28.8 Å². The highest BCUT2D eigenvalue weighted by Gasteiger charge is 2.47. The minimum Gasteiger partial charge on any atom is -0.392 e. The van der Waals surface area contributed by atoms with Crippen molar-refractivity contribution < 1.29 is 28.8 Å². The molecule has 6 heteroatoms. The van der Waals surface area contributed by atoms with Gasteiger partial charge in [0.1, 0.15) is 13.6 Å². The zero-order valence-electron chi connectivity index (χ0n) is 18.2. The first-order chi connectivity index (χ1) is 13.4. The maximum absolute atomic E-state index is 9.73. The van der Waals surface area contributed by atoms with Crippen LogP contribution in [0.1, 0.15) is 59.3 Å². The van der Waals surface area contributed by atoms with Crippen LogP contribution in [-0.2, 0) is 23.7 Å². The molecule has 1 N–H and O–H groups in total. The number of rotatable bonds is 7. The molecular weight excluding hydrogens is 360 g/mol. The highest BCUT2D eigenvalue weighted by Crippen LogP contribution is 2.41. The first kappa shape index (κ1) is 23.5. The van der Waals surface area contributed by atoms with Gasteiger partial charge >= 0.3 is 0 Å². The van der Waals surface area contributed by atoms with Crippen LogP contribution >= 0.6 is 0 Å². The summed E-state index contributed by atoms with van der Waals surface area (Å²) < 4.78 is 29.2. The molecule has 1 saturated heterocycles. The van der Waals surface area contributed by atoms with E-state index in [9.17, 15) is 5.11 Å². The van der Waals surface area contributed by atoms with Crippen LogP contribution < -0.4 is 0 Å². The van der Waals surface area contributed by atoms with E-state index in [1.807, 2.05) is 0 Å². The molecule has 0 radical (unpaired) electrons. The fourth-order valence-electron chi connectivity index (χ4n) is 3.97. The Morgan fingerprint density at radius 2 is 1.68 bits per heavy atom. The van der Waals surface area contributed by atoms with Crippen molar-refractivity contribution in [3.63, 3.8) is 0 Å². The lowest BCUT2D eigenvalue weighted by atomic mass is 9.80. The average Bonchev–Trinajstić information content (AvgIpc) is 2.69. The van der Waals surface area contributed by atoms with Gasteiger partial charge in [-0.1, -0.05) is 17.7 Å². The van der Waals surface area contributed by atoms with Crippen molar-refractivity contribution in [3.8, 4) is 0 Å². The van der Waals surface area contributed by atoms with Crippen LogP contribution in [-0.4, -0.2) is 62.9 Å². The summed E-state index contributed by atoms with van der Waals surface area (Å²) in [5.74, 6) is 0. The smallest absolute Gasteiger partial charge is 0.147 e. The molecular formula is C22H38O6. The number of methoxy groups -OCH3 is 2. The molecule has 0 saturated carbocycles. The summed E-state index contributed by atoms with van der Waals surface area (Å²) in [4.78, 5) is 0. The number of aliphatic hydroxyl groups excluding tert-OH is 1. The van der Waals surface area contributed by atoms with E-state index in [4.69, 9.17) is 23.7 Å². The highest BCUT2D eigenvalue weighted by molar-refractivity contribution is 5.14. The SMILES string of the molecule is COCO[C@]1(C)C/C=C(/CO)C/C=C(\C)CC[C@H]2O[C@H]1CC[C@]2(C)OCOC. The Bertz CT molecular complexity index is 545. The van der Waals surface area contributed by atoms with Crippen molar-refractivity contribution in [1.29, 1.82) is 0 Å². The number of allylic oxidation sites excluding steroid dienone is 2. The van der Waals surface area contributed by atoms with Gasteiger partial charge in [0, 0.05) is 14.2 Å². The van der Waals surface area contributed by atoms with Gasteiger partial charge in [0.2, 0.25) is 0 Å². The van der Waals surface area contributed by atoms with E-state index in [0.29, 0.717) is 6.42 Å². The lowest BCUT2D eigenvalue weighted by molar-refractivity contribution is -0.264. The van der Waals surface area contributed by atoms with Gasteiger partial charge in [-0.05, 0) is 64.9 Å². The van der Waals surface area contributed by atoms with E-state index in [1.165, 1.54) is 5.57 Å². The van der Waals surface area contributed by atoms with Gasteiger partial charge in [-0.3, -0.25) is 0 Å². The fourth-order valence-corrected chi connectivity index (χ4v) is 3.97. The molecule has 0 aromatic rings. The molecule has 0 spiro atoms. The molecule has 1 fully saturated rings. The first-order valence-electron chi connectivity index (χ1n) is 10.2. The number of fused-ring (bicyclic) bond motifs is 2. The third-order valence-electron chi connectivity index (χ3n) is 6.12. The molecule has 2 rings (SSSR count). The van der Waals surface area contributed by atoms with Crippen LogP contribution in [0.25, 0.3) is 0 Å². The summed E-state index contributed by atoms with van der Waals surface area (Å²) in [6.45, 7) is 6.86. The maximum atomic E-state index is 9.73. The monoisotopic (exact) mass is 398 g/mol. The van der Waals surface area contributed by atoms with Gasteiger partial charge in [0.25, 0.3) is 0 Å². The van der Waals surface area contributed by atoms with E-state index in [-0.39, 0.29) is 38.0 Å². The number of aliphatic hydroxyl groups is 1. The van der Waals surface area contributed by atoms with Crippen LogP contribution in [0.3, 0.4) is 0 Å². The Morgan fingerprint density at radius 3 is 2.32 bits per heavy atom. The summed E-state index contributed by atoms with van der Waals surface area (Å²) in [7, 11) is 3.27. The van der Waals surface area contributed by atoms with E-state index < -0.39 is 5.60 Å².